The molecule has 2 aromatic rings. The Hall–Kier alpha value is -2.01. The number of rotatable bonds is 7. The first-order valence-corrected chi connectivity index (χ1v) is 11.5. The number of carbonyl (C=O) groups is 1. The zero-order valence-corrected chi connectivity index (χ0v) is 18.9. The van der Waals surface area contributed by atoms with E-state index in [1.165, 1.54) is 0 Å². The second kappa shape index (κ2) is 8.98. The van der Waals surface area contributed by atoms with E-state index in [1.807, 2.05) is 12.1 Å². The van der Waals surface area contributed by atoms with E-state index in [0.717, 1.165) is 18.4 Å². The zero-order valence-electron chi connectivity index (χ0n) is 18.9. The van der Waals surface area contributed by atoms with Crippen LogP contribution >= 0.6 is 0 Å². The Morgan fingerprint density at radius 2 is 1.94 bits per heavy atom. The summed E-state index contributed by atoms with van der Waals surface area (Å²) in [5.74, 6) is -2.99. The molecule has 1 aromatic carbocycles. The fraction of sp³-hybridized carbons (Fsp3) is 0.625. The molecule has 0 bridgehead atoms. The molecule has 1 saturated carbocycles. The van der Waals surface area contributed by atoms with Crippen molar-refractivity contribution in [2.75, 3.05) is 0 Å². The smallest absolute Gasteiger partial charge is 0.343 e. The third kappa shape index (κ3) is 4.18. The lowest BCUT2D eigenvalue weighted by Gasteiger charge is -2.39. The molecule has 2 aliphatic rings. The van der Waals surface area contributed by atoms with Crippen molar-refractivity contribution >= 4 is 16.9 Å². The molecule has 4 rings (SSSR count). The van der Waals surface area contributed by atoms with Crippen LogP contribution in [-0.2, 0) is 22.6 Å². The number of esters is 1. The maximum absolute atomic E-state index is 13.0. The second-order valence-corrected chi connectivity index (χ2v) is 9.66. The Morgan fingerprint density at radius 1 is 1.24 bits per heavy atom. The van der Waals surface area contributed by atoms with Gasteiger partial charge in [-0.1, -0.05) is 44.5 Å². The quantitative estimate of drug-likeness (QED) is 0.378. The maximum atomic E-state index is 13.0. The first-order chi connectivity index (χ1) is 15.6. The van der Waals surface area contributed by atoms with Crippen LogP contribution in [0.4, 0.5) is 0 Å². The number of fused-ring (bicyclic) bond motifs is 1. The summed E-state index contributed by atoms with van der Waals surface area (Å²) in [6.45, 7) is 3.79. The number of benzene rings is 1. The normalized spacial score (nSPS) is 29.3. The average Bonchev–Trinajstić information content (AvgIpc) is 3.45. The first kappa shape index (κ1) is 24.1. The maximum Gasteiger partial charge on any atom is 0.343 e. The Kier molecular flexibility index (Phi) is 6.56. The standard InChI is InChI=1S/C24H32NO8/c1-13(2)5-6-14-7-8-16-15(11-14)19(17(12-26)25-16)32-22(29)20-18(27)21(28)24(31,33-20)23(30)9-3-4-10-23/h7-8,11,13,18,20-21,26-28,30-31H,3-6,9-10,12H2,1-2H3/q-1. The van der Waals surface area contributed by atoms with Crippen molar-refractivity contribution in [2.45, 2.75) is 88.7 Å². The van der Waals surface area contributed by atoms with Crippen molar-refractivity contribution in [3.8, 4) is 5.75 Å². The van der Waals surface area contributed by atoms with Gasteiger partial charge < -0.3 is 40.0 Å². The summed E-state index contributed by atoms with van der Waals surface area (Å²) < 4.78 is 10.9. The predicted molar refractivity (Wildman–Crippen MR) is 117 cm³/mol. The zero-order chi connectivity index (χ0) is 24.0. The molecule has 9 nitrogen and oxygen atoms in total. The molecule has 1 aromatic heterocycles. The van der Waals surface area contributed by atoms with Gasteiger partial charge in [0, 0.05) is 5.39 Å². The van der Waals surface area contributed by atoms with E-state index in [9.17, 15) is 30.3 Å². The third-order valence-electron chi connectivity index (χ3n) is 6.86. The van der Waals surface area contributed by atoms with Crippen molar-refractivity contribution in [3.05, 3.63) is 29.5 Å². The van der Waals surface area contributed by atoms with E-state index in [0.29, 0.717) is 29.7 Å². The molecule has 4 atom stereocenters. The lowest BCUT2D eigenvalue weighted by atomic mass is 9.86. The van der Waals surface area contributed by atoms with Crippen LogP contribution < -0.4 is 9.72 Å². The highest BCUT2D eigenvalue weighted by molar-refractivity contribution is 5.91. The van der Waals surface area contributed by atoms with Crippen molar-refractivity contribution in [1.29, 1.82) is 0 Å². The number of hydrogen-bond acceptors (Lipinski definition) is 8. The molecule has 9 heteroatoms. The largest absolute Gasteiger partial charge is 0.656 e. The van der Waals surface area contributed by atoms with Crippen molar-refractivity contribution in [1.82, 2.24) is 4.98 Å². The minimum Gasteiger partial charge on any atom is -0.656 e. The van der Waals surface area contributed by atoms with Crippen LogP contribution in [0.2, 0.25) is 0 Å². The highest BCUT2D eigenvalue weighted by Crippen LogP contribution is 2.46. The van der Waals surface area contributed by atoms with Gasteiger partial charge >= 0.3 is 5.97 Å². The van der Waals surface area contributed by atoms with E-state index in [-0.39, 0.29) is 24.3 Å². The summed E-state index contributed by atoms with van der Waals surface area (Å²) in [7, 11) is 0. The SMILES string of the molecule is CC(C)CCc1ccc2[n-]c(CO)c(OC(=O)C3OC(O)(C4(O)CCCC4)C(O)C3O)c2c1. The number of nitrogens with zero attached hydrogens (tertiary/aromatic N) is 1. The van der Waals surface area contributed by atoms with E-state index >= 15 is 0 Å². The molecule has 0 radical (unpaired) electrons. The second-order valence-electron chi connectivity index (χ2n) is 9.66. The molecular weight excluding hydrogens is 430 g/mol. The van der Waals surface area contributed by atoms with Crippen LogP contribution in [0.1, 0.15) is 57.2 Å². The number of aliphatic hydroxyl groups excluding tert-OH is 3. The van der Waals surface area contributed by atoms with E-state index < -0.39 is 42.3 Å². The van der Waals surface area contributed by atoms with Crippen LogP contribution in [0, 0.1) is 5.92 Å². The molecule has 4 unspecified atom stereocenters. The van der Waals surface area contributed by atoms with Crippen molar-refractivity contribution in [3.63, 3.8) is 0 Å². The molecule has 1 aliphatic heterocycles. The molecular formula is C24H32NO8-. The van der Waals surface area contributed by atoms with E-state index in [1.54, 1.807) is 6.07 Å². The van der Waals surface area contributed by atoms with Gasteiger partial charge in [0.1, 0.15) is 23.6 Å². The van der Waals surface area contributed by atoms with Gasteiger partial charge in [-0.3, -0.25) is 0 Å². The van der Waals surface area contributed by atoms with E-state index in [4.69, 9.17) is 9.47 Å². The van der Waals surface area contributed by atoms with Gasteiger partial charge in [0.15, 0.2) is 6.10 Å². The summed E-state index contributed by atoms with van der Waals surface area (Å²) in [5, 5.41) is 52.9. The minimum atomic E-state index is -2.50. The molecule has 1 aliphatic carbocycles. The first-order valence-electron chi connectivity index (χ1n) is 11.5. The lowest BCUT2D eigenvalue weighted by molar-refractivity contribution is -0.313. The molecule has 5 N–H and O–H groups in total. The molecule has 2 fully saturated rings. The summed E-state index contributed by atoms with van der Waals surface area (Å²) in [5.41, 5.74) is -0.0637. The van der Waals surface area contributed by atoms with Gasteiger partial charge in [0.05, 0.1) is 6.61 Å². The Bertz CT molecular complexity index is 1010. The number of hydrogen-bond donors (Lipinski definition) is 5. The van der Waals surface area contributed by atoms with Crippen LogP contribution in [0.15, 0.2) is 18.2 Å². The monoisotopic (exact) mass is 462 g/mol. The molecule has 2 heterocycles. The van der Waals surface area contributed by atoms with Crippen LogP contribution in [0.25, 0.3) is 10.9 Å². The van der Waals surface area contributed by atoms with Crippen LogP contribution in [-0.4, -0.2) is 61.2 Å². The number of carbonyl (C=O) groups excluding carboxylic acids is 1. The van der Waals surface area contributed by atoms with Gasteiger partial charge in [-0.2, -0.15) is 0 Å². The van der Waals surface area contributed by atoms with Gasteiger partial charge in [-0.25, -0.2) is 4.79 Å². The summed E-state index contributed by atoms with van der Waals surface area (Å²) in [6, 6.07) is 5.58. The third-order valence-corrected chi connectivity index (χ3v) is 6.86. The number of ether oxygens (including phenoxy) is 2. The van der Waals surface area contributed by atoms with Crippen LogP contribution in [0.5, 0.6) is 5.75 Å². The Morgan fingerprint density at radius 3 is 2.58 bits per heavy atom. The van der Waals surface area contributed by atoms with Crippen LogP contribution in [0.3, 0.4) is 0 Å². The van der Waals surface area contributed by atoms with Gasteiger partial charge in [-0.05, 0) is 43.2 Å². The topological polar surface area (TPSA) is 151 Å². The Balaban J connectivity index is 1.60. The van der Waals surface area contributed by atoms with E-state index in [2.05, 4.69) is 18.8 Å². The van der Waals surface area contributed by atoms with Gasteiger partial charge in [-0.15, -0.1) is 5.52 Å². The highest BCUT2D eigenvalue weighted by Gasteiger charge is 2.66. The van der Waals surface area contributed by atoms with Crippen molar-refractivity contribution < 1.29 is 39.8 Å². The highest BCUT2D eigenvalue weighted by atomic mass is 16.7. The molecule has 1 saturated heterocycles. The number of aliphatic hydroxyl groups is 5. The van der Waals surface area contributed by atoms with Gasteiger partial charge in [0.25, 0.3) is 0 Å². The lowest BCUT2D eigenvalue weighted by Crippen LogP contribution is -2.60. The summed E-state index contributed by atoms with van der Waals surface area (Å²) in [6.07, 6.45) is -2.07. The number of aryl methyl sites for hydroxylation is 1. The number of aromatic nitrogens is 1. The average molecular weight is 463 g/mol. The molecule has 33 heavy (non-hydrogen) atoms. The predicted octanol–water partition coefficient (Wildman–Crippen LogP) is 0.898. The minimum absolute atomic E-state index is 0.0456. The van der Waals surface area contributed by atoms with Crippen molar-refractivity contribution in [2.24, 2.45) is 5.92 Å². The fourth-order valence-corrected chi connectivity index (χ4v) is 4.83. The molecule has 0 amide bonds. The van der Waals surface area contributed by atoms with Gasteiger partial charge in [0.2, 0.25) is 5.79 Å². The Labute approximate surface area is 192 Å². The molecule has 0 spiro atoms. The molecule has 182 valence electrons. The fourth-order valence-electron chi connectivity index (χ4n) is 4.83. The summed E-state index contributed by atoms with van der Waals surface area (Å²) >= 11 is 0. The summed E-state index contributed by atoms with van der Waals surface area (Å²) in [4.78, 5) is 17.3.